The lowest BCUT2D eigenvalue weighted by Gasteiger charge is -2.28. The Morgan fingerprint density at radius 1 is 1.41 bits per heavy atom. The summed E-state index contributed by atoms with van der Waals surface area (Å²) < 4.78 is 5.71. The summed E-state index contributed by atoms with van der Waals surface area (Å²) in [5.74, 6) is 1.92. The van der Waals surface area contributed by atoms with Crippen molar-refractivity contribution in [2.75, 3.05) is 18.9 Å². The molecule has 0 aliphatic carbocycles. The normalized spacial score (nSPS) is 36.8. The van der Waals surface area contributed by atoms with Crippen molar-refractivity contribution in [1.82, 2.24) is 5.32 Å². The van der Waals surface area contributed by atoms with Gasteiger partial charge in [-0.25, -0.2) is 0 Å². The SMILES string of the molecule is CC1CSC(=NCCC2CCCCO2)NC1C. The van der Waals surface area contributed by atoms with Crippen LogP contribution < -0.4 is 5.32 Å². The van der Waals surface area contributed by atoms with Crippen LogP contribution in [0.15, 0.2) is 4.99 Å². The highest BCUT2D eigenvalue weighted by molar-refractivity contribution is 8.13. The number of nitrogens with zero attached hydrogens (tertiary/aromatic N) is 1. The average Bonchev–Trinajstić information content (AvgIpc) is 2.35. The second-order valence-corrected chi connectivity index (χ2v) is 6.19. The summed E-state index contributed by atoms with van der Waals surface area (Å²) in [6, 6.07) is 0.556. The van der Waals surface area contributed by atoms with Crippen LogP contribution in [-0.4, -0.2) is 36.2 Å². The summed E-state index contributed by atoms with van der Waals surface area (Å²) in [5, 5.41) is 4.61. The Kier molecular flexibility index (Phi) is 5.16. The van der Waals surface area contributed by atoms with E-state index in [2.05, 4.69) is 24.2 Å². The molecule has 0 radical (unpaired) electrons. The van der Waals surface area contributed by atoms with Gasteiger partial charge in [0.15, 0.2) is 5.17 Å². The quantitative estimate of drug-likeness (QED) is 0.843. The predicted octanol–water partition coefficient (Wildman–Crippen LogP) is 2.66. The number of aliphatic imine (C=N–C) groups is 1. The number of hydrogen-bond acceptors (Lipinski definition) is 3. The topological polar surface area (TPSA) is 33.6 Å². The third-order valence-corrected chi connectivity index (χ3v) is 4.88. The van der Waals surface area contributed by atoms with Gasteiger partial charge < -0.3 is 10.1 Å². The van der Waals surface area contributed by atoms with Gasteiger partial charge in [0.2, 0.25) is 0 Å². The standard InChI is InChI=1S/C13H24N2OS/c1-10-9-17-13(15-11(10)2)14-7-6-12-5-3-4-8-16-12/h10-12H,3-9H2,1-2H3,(H,14,15). The van der Waals surface area contributed by atoms with Crippen molar-refractivity contribution in [3.63, 3.8) is 0 Å². The number of rotatable bonds is 3. The van der Waals surface area contributed by atoms with E-state index in [9.17, 15) is 0 Å². The molecule has 2 aliphatic heterocycles. The van der Waals surface area contributed by atoms with Gasteiger partial charge in [0, 0.05) is 24.9 Å². The molecular weight excluding hydrogens is 232 g/mol. The zero-order valence-corrected chi connectivity index (χ0v) is 11.8. The molecular formula is C13H24N2OS. The lowest BCUT2D eigenvalue weighted by Crippen LogP contribution is -2.41. The van der Waals surface area contributed by atoms with Crippen LogP contribution >= 0.6 is 11.8 Å². The molecule has 3 atom stereocenters. The van der Waals surface area contributed by atoms with Gasteiger partial charge in [-0.15, -0.1) is 0 Å². The van der Waals surface area contributed by atoms with E-state index in [1.807, 2.05) is 11.8 Å². The molecule has 1 N–H and O–H groups in total. The summed E-state index contributed by atoms with van der Waals surface area (Å²) in [6.07, 6.45) is 5.31. The van der Waals surface area contributed by atoms with Crippen LogP contribution in [0.4, 0.5) is 0 Å². The van der Waals surface area contributed by atoms with Crippen LogP contribution in [0, 0.1) is 5.92 Å². The fourth-order valence-electron chi connectivity index (χ4n) is 2.17. The van der Waals surface area contributed by atoms with Gasteiger partial charge in [-0.1, -0.05) is 18.7 Å². The van der Waals surface area contributed by atoms with Crippen molar-refractivity contribution in [3.8, 4) is 0 Å². The summed E-state index contributed by atoms with van der Waals surface area (Å²) >= 11 is 1.86. The van der Waals surface area contributed by atoms with Crippen LogP contribution in [0.3, 0.4) is 0 Å². The minimum atomic E-state index is 0.457. The predicted molar refractivity (Wildman–Crippen MR) is 74.7 cm³/mol. The van der Waals surface area contributed by atoms with E-state index < -0.39 is 0 Å². The Hall–Kier alpha value is -0.220. The number of hydrogen-bond donors (Lipinski definition) is 1. The Balaban J connectivity index is 1.69. The van der Waals surface area contributed by atoms with Crippen molar-refractivity contribution < 1.29 is 4.74 Å². The van der Waals surface area contributed by atoms with Crippen LogP contribution in [0.25, 0.3) is 0 Å². The first-order valence-electron chi connectivity index (χ1n) is 6.81. The molecule has 0 aromatic heterocycles. The molecule has 17 heavy (non-hydrogen) atoms. The van der Waals surface area contributed by atoms with Crippen molar-refractivity contribution in [2.45, 2.75) is 51.7 Å². The van der Waals surface area contributed by atoms with Crippen molar-refractivity contribution in [3.05, 3.63) is 0 Å². The second-order valence-electron chi connectivity index (χ2n) is 5.19. The smallest absolute Gasteiger partial charge is 0.156 e. The molecule has 0 spiro atoms. The molecule has 0 amide bonds. The van der Waals surface area contributed by atoms with Crippen molar-refractivity contribution in [1.29, 1.82) is 0 Å². The van der Waals surface area contributed by atoms with Gasteiger partial charge in [0.05, 0.1) is 6.10 Å². The fraction of sp³-hybridized carbons (Fsp3) is 0.923. The van der Waals surface area contributed by atoms with Gasteiger partial charge in [-0.05, 0) is 38.5 Å². The monoisotopic (exact) mass is 256 g/mol. The molecule has 3 nitrogen and oxygen atoms in total. The van der Waals surface area contributed by atoms with Gasteiger partial charge in [0.1, 0.15) is 0 Å². The Morgan fingerprint density at radius 2 is 2.29 bits per heavy atom. The minimum absolute atomic E-state index is 0.457. The second kappa shape index (κ2) is 6.64. The summed E-state index contributed by atoms with van der Waals surface area (Å²) in [4.78, 5) is 4.65. The number of amidine groups is 1. The number of nitrogens with one attached hydrogen (secondary N) is 1. The largest absolute Gasteiger partial charge is 0.378 e. The highest BCUT2D eigenvalue weighted by Gasteiger charge is 2.20. The molecule has 2 fully saturated rings. The van der Waals surface area contributed by atoms with Crippen molar-refractivity contribution >= 4 is 16.9 Å². The van der Waals surface area contributed by atoms with E-state index in [-0.39, 0.29) is 0 Å². The van der Waals surface area contributed by atoms with E-state index >= 15 is 0 Å². The maximum Gasteiger partial charge on any atom is 0.156 e. The highest BCUT2D eigenvalue weighted by Crippen LogP contribution is 2.20. The summed E-state index contributed by atoms with van der Waals surface area (Å²) in [5.41, 5.74) is 0. The van der Waals surface area contributed by atoms with E-state index in [0.29, 0.717) is 12.1 Å². The molecule has 2 saturated heterocycles. The lowest BCUT2D eigenvalue weighted by atomic mass is 10.1. The van der Waals surface area contributed by atoms with E-state index in [0.717, 1.165) is 30.7 Å². The van der Waals surface area contributed by atoms with Crippen LogP contribution in [0.2, 0.25) is 0 Å². The Morgan fingerprint density at radius 3 is 3.00 bits per heavy atom. The Labute approximate surface area is 109 Å². The minimum Gasteiger partial charge on any atom is -0.378 e. The average molecular weight is 256 g/mol. The molecule has 2 rings (SSSR count). The van der Waals surface area contributed by atoms with Gasteiger partial charge >= 0.3 is 0 Å². The lowest BCUT2D eigenvalue weighted by molar-refractivity contribution is 0.0129. The molecule has 3 unspecified atom stereocenters. The number of thioether (sulfide) groups is 1. The van der Waals surface area contributed by atoms with Crippen LogP contribution in [0.1, 0.15) is 39.5 Å². The third-order valence-electron chi connectivity index (χ3n) is 3.67. The Bertz CT molecular complexity index is 264. The first-order chi connectivity index (χ1) is 8.25. The molecule has 0 bridgehead atoms. The highest BCUT2D eigenvalue weighted by atomic mass is 32.2. The molecule has 0 aromatic carbocycles. The fourth-order valence-corrected chi connectivity index (χ4v) is 3.33. The van der Waals surface area contributed by atoms with Gasteiger partial charge in [-0.2, -0.15) is 0 Å². The maximum absolute atomic E-state index is 5.71. The zero-order chi connectivity index (χ0) is 12.1. The molecule has 2 aliphatic rings. The van der Waals surface area contributed by atoms with Gasteiger partial charge in [0.25, 0.3) is 0 Å². The molecule has 98 valence electrons. The maximum atomic E-state index is 5.71. The number of ether oxygens (including phenoxy) is 1. The van der Waals surface area contributed by atoms with Gasteiger partial charge in [-0.3, -0.25) is 4.99 Å². The van der Waals surface area contributed by atoms with E-state index in [4.69, 9.17) is 4.74 Å². The zero-order valence-electron chi connectivity index (χ0n) is 10.9. The third kappa shape index (κ3) is 4.18. The van der Waals surface area contributed by atoms with Crippen molar-refractivity contribution in [2.24, 2.45) is 10.9 Å². The van der Waals surface area contributed by atoms with Crippen LogP contribution in [0.5, 0.6) is 0 Å². The molecule has 0 saturated carbocycles. The first kappa shape index (κ1) is 13.2. The molecule has 0 aromatic rings. The molecule has 4 heteroatoms. The molecule has 2 heterocycles. The summed E-state index contributed by atoms with van der Waals surface area (Å²) in [6.45, 7) is 6.38. The first-order valence-corrected chi connectivity index (χ1v) is 7.79. The van der Waals surface area contributed by atoms with Crippen LogP contribution in [-0.2, 0) is 4.74 Å². The summed E-state index contributed by atoms with van der Waals surface area (Å²) in [7, 11) is 0. The van der Waals surface area contributed by atoms with E-state index in [1.165, 1.54) is 25.0 Å². The van der Waals surface area contributed by atoms with E-state index in [1.54, 1.807) is 0 Å².